The van der Waals surface area contributed by atoms with E-state index in [1.807, 2.05) is 20.8 Å². The van der Waals surface area contributed by atoms with Crippen molar-refractivity contribution in [2.75, 3.05) is 32.8 Å². The van der Waals surface area contributed by atoms with Gasteiger partial charge in [0.05, 0.1) is 36.8 Å². The Morgan fingerprint density at radius 1 is 1.19 bits per heavy atom. The third-order valence-corrected chi connectivity index (χ3v) is 7.39. The average molecular weight is 586 g/mol. The van der Waals surface area contributed by atoms with Gasteiger partial charge in [0, 0.05) is 31.1 Å². The molecular weight excluding hydrogens is 548 g/mol. The maximum Gasteiger partial charge on any atom is 0.410 e. The van der Waals surface area contributed by atoms with Gasteiger partial charge >= 0.3 is 6.09 Å². The first-order chi connectivity index (χ1) is 19.8. The van der Waals surface area contributed by atoms with Crippen LogP contribution in [0.3, 0.4) is 0 Å². The van der Waals surface area contributed by atoms with Crippen LogP contribution in [0.4, 0.5) is 13.6 Å². The van der Waals surface area contributed by atoms with Crippen molar-refractivity contribution in [3.63, 3.8) is 0 Å². The molecule has 0 saturated carbocycles. The number of pyridine rings is 1. The lowest BCUT2D eigenvalue weighted by molar-refractivity contribution is -0.131. The molecule has 1 atom stereocenters. The number of hydrogen-bond donors (Lipinski definition) is 1. The molecule has 2 aliphatic heterocycles. The fourth-order valence-corrected chi connectivity index (χ4v) is 5.25. The Morgan fingerprint density at radius 3 is 2.62 bits per heavy atom. The minimum Gasteiger partial charge on any atom is -0.494 e. The van der Waals surface area contributed by atoms with Crippen LogP contribution in [0.1, 0.15) is 63.2 Å². The van der Waals surface area contributed by atoms with E-state index >= 15 is 0 Å². The topological polar surface area (TPSA) is 125 Å². The van der Waals surface area contributed by atoms with E-state index in [-0.39, 0.29) is 11.7 Å². The fourth-order valence-electron chi connectivity index (χ4n) is 5.25. The number of benzene rings is 1. The fraction of sp³-hybridized carbons (Fsp3) is 0.567. The molecule has 1 N–H and O–H groups in total. The molecule has 10 nitrogen and oxygen atoms in total. The van der Waals surface area contributed by atoms with Crippen molar-refractivity contribution >= 4 is 28.8 Å². The summed E-state index contributed by atoms with van der Waals surface area (Å²) in [7, 11) is 0. The molecule has 1 aromatic carbocycles. The number of aromatic nitrogens is 1. The number of rotatable bonds is 8. The minimum atomic E-state index is -3.13. The van der Waals surface area contributed by atoms with E-state index in [2.05, 4.69) is 10.3 Å². The molecule has 42 heavy (non-hydrogen) atoms. The van der Waals surface area contributed by atoms with Crippen molar-refractivity contribution in [3.8, 4) is 11.8 Å². The zero-order valence-corrected chi connectivity index (χ0v) is 24.2. The Morgan fingerprint density at radius 2 is 1.93 bits per heavy atom. The number of fused-ring (bicyclic) bond motifs is 1. The van der Waals surface area contributed by atoms with E-state index in [4.69, 9.17) is 14.7 Å². The van der Waals surface area contributed by atoms with Gasteiger partial charge in [-0.25, -0.2) is 13.6 Å². The van der Waals surface area contributed by atoms with E-state index in [0.717, 1.165) is 30.6 Å². The maximum atomic E-state index is 13.7. The number of piperidine rings is 1. The van der Waals surface area contributed by atoms with Crippen LogP contribution in [0.5, 0.6) is 5.75 Å². The lowest BCUT2D eigenvalue weighted by Crippen LogP contribution is -2.43. The van der Waals surface area contributed by atoms with Crippen LogP contribution >= 0.6 is 0 Å². The largest absolute Gasteiger partial charge is 0.494 e. The van der Waals surface area contributed by atoms with Gasteiger partial charge in [0.1, 0.15) is 17.4 Å². The second kappa shape index (κ2) is 12.9. The van der Waals surface area contributed by atoms with Gasteiger partial charge in [-0.2, -0.15) is 5.26 Å². The number of amides is 3. The number of carbonyl (C=O) groups is 3. The monoisotopic (exact) mass is 585 g/mol. The van der Waals surface area contributed by atoms with Crippen LogP contribution in [0.15, 0.2) is 30.5 Å². The third kappa shape index (κ3) is 8.05. The summed E-state index contributed by atoms with van der Waals surface area (Å²) in [6.07, 6.45) is 4.12. The number of halogens is 2. The number of hydrogen-bond acceptors (Lipinski definition) is 7. The SMILES string of the molecule is CC(C)(C)OC(=O)N1CCC(CCCOc2ccc3nccc(C(=O)NCC(=O)N4CC(F)(F)CC4C#N)c3c2)CC1. The van der Waals surface area contributed by atoms with E-state index in [9.17, 15) is 23.2 Å². The van der Waals surface area contributed by atoms with Crippen LogP contribution < -0.4 is 10.1 Å². The predicted molar refractivity (Wildman–Crippen MR) is 150 cm³/mol. The van der Waals surface area contributed by atoms with Gasteiger partial charge in [0.25, 0.3) is 11.8 Å². The molecule has 0 spiro atoms. The summed E-state index contributed by atoms with van der Waals surface area (Å²) in [6.45, 7) is 6.06. The van der Waals surface area contributed by atoms with Crippen molar-refractivity contribution in [1.29, 1.82) is 5.26 Å². The average Bonchev–Trinajstić information content (AvgIpc) is 3.27. The van der Waals surface area contributed by atoms with Gasteiger partial charge < -0.3 is 24.6 Å². The number of likely N-dealkylation sites (tertiary alicyclic amines) is 2. The highest BCUT2D eigenvalue weighted by molar-refractivity contribution is 6.07. The zero-order chi connectivity index (χ0) is 30.5. The molecule has 4 rings (SSSR count). The molecule has 0 aliphatic carbocycles. The van der Waals surface area contributed by atoms with Gasteiger partial charge in [-0.3, -0.25) is 14.6 Å². The van der Waals surface area contributed by atoms with Crippen LogP contribution in [-0.2, 0) is 9.53 Å². The van der Waals surface area contributed by atoms with Gasteiger partial charge in [0.2, 0.25) is 5.91 Å². The quantitative estimate of drug-likeness (QED) is 0.452. The summed E-state index contributed by atoms with van der Waals surface area (Å²) in [5, 5.41) is 12.1. The number of alkyl halides is 2. The first-order valence-electron chi connectivity index (χ1n) is 14.2. The number of nitrogens with zero attached hydrogens (tertiary/aromatic N) is 4. The molecule has 2 saturated heterocycles. The highest BCUT2D eigenvalue weighted by atomic mass is 19.3. The molecule has 2 aromatic rings. The zero-order valence-electron chi connectivity index (χ0n) is 24.2. The van der Waals surface area contributed by atoms with E-state index < -0.39 is 48.9 Å². The van der Waals surface area contributed by atoms with Gasteiger partial charge in [-0.05, 0) is 76.6 Å². The van der Waals surface area contributed by atoms with Gasteiger partial charge in [0.15, 0.2) is 0 Å². The molecule has 3 heterocycles. The Hall–Kier alpha value is -4.01. The summed E-state index contributed by atoms with van der Waals surface area (Å²) in [5.41, 5.74) is 0.312. The van der Waals surface area contributed by atoms with Gasteiger partial charge in [-0.1, -0.05) is 0 Å². The van der Waals surface area contributed by atoms with Crippen molar-refractivity contribution in [2.45, 2.75) is 70.4 Å². The highest BCUT2D eigenvalue weighted by Gasteiger charge is 2.47. The summed E-state index contributed by atoms with van der Waals surface area (Å²) in [4.78, 5) is 44.5. The molecule has 2 aliphatic rings. The molecular formula is C30H37F2N5O5. The summed E-state index contributed by atoms with van der Waals surface area (Å²) in [6, 6.07) is 7.23. The van der Waals surface area contributed by atoms with Crippen molar-refractivity contribution in [1.82, 2.24) is 20.1 Å². The standard InChI is InChI=1S/C30H37F2N5O5/c1-29(2,3)42-28(40)36-12-9-20(10-13-36)5-4-14-41-22-6-7-25-24(15-22)23(8-11-34-25)27(39)35-18-26(38)37-19-30(31,32)16-21(37)17-33/h6-8,11,15,20-21H,4-5,9-10,12-14,16,18-19H2,1-3H3,(H,35,39). The van der Waals surface area contributed by atoms with Crippen LogP contribution in [0.2, 0.25) is 0 Å². The molecule has 12 heteroatoms. The first-order valence-corrected chi connectivity index (χ1v) is 14.2. The predicted octanol–water partition coefficient (Wildman–Crippen LogP) is 4.53. The Balaban J connectivity index is 1.26. The smallest absolute Gasteiger partial charge is 0.410 e. The Kier molecular flexibility index (Phi) is 9.49. The number of nitrogens with one attached hydrogen (secondary N) is 1. The molecule has 0 bridgehead atoms. The van der Waals surface area contributed by atoms with E-state index in [1.165, 1.54) is 12.3 Å². The molecule has 1 aromatic heterocycles. The van der Waals surface area contributed by atoms with Crippen molar-refractivity contribution in [3.05, 3.63) is 36.0 Å². The maximum absolute atomic E-state index is 13.7. The highest BCUT2D eigenvalue weighted by Crippen LogP contribution is 2.31. The summed E-state index contributed by atoms with van der Waals surface area (Å²) >= 11 is 0. The lowest BCUT2D eigenvalue weighted by Gasteiger charge is -2.33. The summed E-state index contributed by atoms with van der Waals surface area (Å²) in [5.74, 6) is -3.37. The number of carbonyl (C=O) groups excluding carboxylic acids is 3. The normalized spacial score (nSPS) is 18.9. The van der Waals surface area contributed by atoms with Crippen molar-refractivity contribution in [2.24, 2.45) is 5.92 Å². The van der Waals surface area contributed by atoms with Crippen LogP contribution in [-0.4, -0.2) is 83.0 Å². The molecule has 2 fully saturated rings. The van der Waals surface area contributed by atoms with Crippen molar-refractivity contribution < 1.29 is 32.6 Å². The Labute approximate surface area is 243 Å². The lowest BCUT2D eigenvalue weighted by atomic mass is 9.92. The van der Waals surface area contributed by atoms with Gasteiger partial charge in [-0.15, -0.1) is 0 Å². The molecule has 1 unspecified atom stereocenters. The van der Waals surface area contributed by atoms with E-state index in [0.29, 0.717) is 42.3 Å². The summed E-state index contributed by atoms with van der Waals surface area (Å²) < 4.78 is 38.8. The molecule has 3 amide bonds. The third-order valence-electron chi connectivity index (χ3n) is 7.39. The second-order valence-electron chi connectivity index (χ2n) is 11.8. The molecule has 226 valence electrons. The number of ether oxygens (including phenoxy) is 2. The Bertz CT molecular complexity index is 1350. The second-order valence-corrected chi connectivity index (χ2v) is 11.8. The number of nitriles is 1. The van der Waals surface area contributed by atoms with E-state index in [1.54, 1.807) is 29.2 Å². The molecule has 0 radical (unpaired) electrons. The van der Waals surface area contributed by atoms with Crippen LogP contribution in [0.25, 0.3) is 10.9 Å². The minimum absolute atomic E-state index is 0.263. The van der Waals surface area contributed by atoms with Crippen LogP contribution in [0, 0.1) is 17.2 Å². The first kappa shape index (κ1) is 30.9.